The van der Waals surface area contributed by atoms with Gasteiger partial charge in [-0.1, -0.05) is 17.7 Å². The Morgan fingerprint density at radius 2 is 1.66 bits per heavy atom. The lowest BCUT2D eigenvalue weighted by atomic mass is 10.2. The summed E-state index contributed by atoms with van der Waals surface area (Å²) in [5.41, 5.74) is 1.65. The van der Waals surface area contributed by atoms with E-state index in [4.69, 9.17) is 0 Å². The van der Waals surface area contributed by atoms with Crippen LogP contribution in [-0.2, 0) is 24.8 Å². The Kier molecular flexibility index (Phi) is 6.86. The third-order valence-corrected chi connectivity index (χ3v) is 7.88. The number of aromatic nitrogens is 1. The van der Waals surface area contributed by atoms with Gasteiger partial charge in [0.15, 0.2) is 5.13 Å². The van der Waals surface area contributed by atoms with Crippen LogP contribution < -0.4 is 14.3 Å². The number of rotatable bonds is 8. The van der Waals surface area contributed by atoms with Crippen molar-refractivity contribution in [1.29, 1.82) is 0 Å². The van der Waals surface area contributed by atoms with Crippen LogP contribution in [0.15, 0.2) is 65.0 Å². The molecule has 1 heterocycles. The molecule has 0 fully saturated rings. The molecule has 0 radical (unpaired) electrons. The second-order valence-electron chi connectivity index (χ2n) is 7.03. The molecule has 2 aromatic carbocycles. The van der Waals surface area contributed by atoms with Crippen LogP contribution in [0, 0.1) is 6.92 Å². The summed E-state index contributed by atoms with van der Waals surface area (Å²) in [5.74, 6) is -0.562. The molecule has 0 spiro atoms. The standard InChI is InChI=1S/C20H22N4O5S3/c1-14-4-8-17(9-5-14)24(31(3,26)27)15(2)19(25)22-16-6-10-18(11-7-16)32(28,29)23-20-21-12-13-30-20/h4-13,15H,1-3H3,(H,21,23)(H,22,25)/t15-/m0/s1. The maximum atomic E-state index is 12.8. The zero-order valence-electron chi connectivity index (χ0n) is 17.5. The molecule has 1 aromatic heterocycles. The predicted octanol–water partition coefficient (Wildman–Crippen LogP) is 3.05. The second kappa shape index (κ2) is 9.27. The molecular formula is C20H22N4O5S3. The van der Waals surface area contributed by atoms with Crippen LogP contribution in [0.1, 0.15) is 12.5 Å². The fourth-order valence-electron chi connectivity index (χ4n) is 2.91. The molecule has 0 unspecified atom stereocenters. The average molecular weight is 495 g/mol. The molecular weight excluding hydrogens is 472 g/mol. The van der Waals surface area contributed by atoms with Crippen molar-refractivity contribution in [2.45, 2.75) is 24.8 Å². The first-order valence-corrected chi connectivity index (χ1v) is 13.6. The Hall–Kier alpha value is -2.96. The van der Waals surface area contributed by atoms with E-state index in [1.807, 2.05) is 6.92 Å². The lowest BCUT2D eigenvalue weighted by Gasteiger charge is -2.28. The van der Waals surface area contributed by atoms with E-state index in [0.717, 1.165) is 27.5 Å². The molecule has 0 bridgehead atoms. The largest absolute Gasteiger partial charge is 0.324 e. The molecule has 0 saturated heterocycles. The van der Waals surface area contributed by atoms with Crippen molar-refractivity contribution in [3.8, 4) is 0 Å². The van der Waals surface area contributed by atoms with E-state index in [0.29, 0.717) is 11.4 Å². The van der Waals surface area contributed by atoms with Crippen molar-refractivity contribution in [1.82, 2.24) is 4.98 Å². The quantitative estimate of drug-likeness (QED) is 0.496. The minimum absolute atomic E-state index is 0.00355. The van der Waals surface area contributed by atoms with Gasteiger partial charge < -0.3 is 5.32 Å². The highest BCUT2D eigenvalue weighted by Crippen LogP contribution is 2.23. The summed E-state index contributed by atoms with van der Waals surface area (Å²) in [7, 11) is -7.56. The highest BCUT2D eigenvalue weighted by Gasteiger charge is 2.29. The fraction of sp³-hybridized carbons (Fsp3) is 0.200. The number of anilines is 3. The normalized spacial score (nSPS) is 12.7. The summed E-state index contributed by atoms with van der Waals surface area (Å²) in [4.78, 5) is 16.7. The van der Waals surface area contributed by atoms with E-state index in [-0.39, 0.29) is 10.0 Å². The number of aryl methyl sites for hydroxylation is 1. The number of benzene rings is 2. The van der Waals surface area contributed by atoms with Gasteiger partial charge in [0.05, 0.1) is 16.8 Å². The van der Waals surface area contributed by atoms with Crippen LogP contribution in [0.5, 0.6) is 0 Å². The van der Waals surface area contributed by atoms with Crippen molar-refractivity contribution < 1.29 is 21.6 Å². The minimum atomic E-state index is -3.82. The number of hydrogen-bond donors (Lipinski definition) is 2. The zero-order valence-corrected chi connectivity index (χ0v) is 20.0. The van der Waals surface area contributed by atoms with Gasteiger partial charge in [-0.05, 0) is 50.2 Å². The molecule has 0 aliphatic heterocycles. The third-order valence-electron chi connectivity index (χ3n) is 4.46. The molecule has 3 rings (SSSR count). The molecule has 170 valence electrons. The number of thiazole rings is 1. The van der Waals surface area contributed by atoms with Gasteiger partial charge in [0, 0.05) is 17.3 Å². The van der Waals surface area contributed by atoms with Crippen molar-refractivity contribution in [3.05, 3.63) is 65.7 Å². The molecule has 9 nitrogen and oxygen atoms in total. The van der Waals surface area contributed by atoms with Gasteiger partial charge in [-0.2, -0.15) is 0 Å². The van der Waals surface area contributed by atoms with Gasteiger partial charge in [-0.3, -0.25) is 13.8 Å². The van der Waals surface area contributed by atoms with Gasteiger partial charge in [0.1, 0.15) is 6.04 Å². The van der Waals surface area contributed by atoms with Crippen LogP contribution in [0.2, 0.25) is 0 Å². The van der Waals surface area contributed by atoms with Crippen molar-refractivity contribution in [2.24, 2.45) is 0 Å². The summed E-state index contributed by atoms with van der Waals surface area (Å²) in [6.07, 6.45) is 2.52. The van der Waals surface area contributed by atoms with Crippen LogP contribution in [0.25, 0.3) is 0 Å². The molecule has 0 aliphatic rings. The predicted molar refractivity (Wildman–Crippen MR) is 126 cm³/mol. The maximum absolute atomic E-state index is 12.8. The lowest BCUT2D eigenvalue weighted by Crippen LogP contribution is -2.45. The van der Waals surface area contributed by atoms with Gasteiger partial charge in [0.2, 0.25) is 15.9 Å². The number of carbonyl (C=O) groups excluding carboxylic acids is 1. The fourth-order valence-corrected chi connectivity index (χ4v) is 5.88. The monoisotopic (exact) mass is 494 g/mol. The number of carbonyl (C=O) groups is 1. The highest BCUT2D eigenvalue weighted by atomic mass is 32.2. The topological polar surface area (TPSA) is 126 Å². The first-order valence-electron chi connectivity index (χ1n) is 9.37. The Bertz CT molecular complexity index is 1290. The Morgan fingerprint density at radius 3 is 2.19 bits per heavy atom. The smallest absolute Gasteiger partial charge is 0.263 e. The van der Waals surface area contributed by atoms with Gasteiger partial charge in [0.25, 0.3) is 10.0 Å². The molecule has 12 heteroatoms. The minimum Gasteiger partial charge on any atom is -0.324 e. The zero-order chi connectivity index (χ0) is 23.5. The van der Waals surface area contributed by atoms with Gasteiger partial charge in [-0.25, -0.2) is 21.8 Å². The molecule has 1 atom stereocenters. The average Bonchev–Trinajstić information content (AvgIpc) is 3.21. The molecule has 32 heavy (non-hydrogen) atoms. The Morgan fingerprint density at radius 1 is 1.03 bits per heavy atom. The number of nitrogens with one attached hydrogen (secondary N) is 2. The summed E-state index contributed by atoms with van der Waals surface area (Å²) in [6.45, 7) is 3.36. The first kappa shape index (κ1) is 23.7. The maximum Gasteiger partial charge on any atom is 0.263 e. The summed E-state index contributed by atoms with van der Waals surface area (Å²) in [5, 5.41) is 4.52. The lowest BCUT2D eigenvalue weighted by molar-refractivity contribution is -0.116. The number of nitrogens with zero attached hydrogens (tertiary/aromatic N) is 2. The van der Waals surface area contributed by atoms with E-state index in [2.05, 4.69) is 15.0 Å². The molecule has 1 amide bonds. The summed E-state index contributed by atoms with van der Waals surface area (Å²) in [6, 6.07) is 11.3. The second-order valence-corrected chi connectivity index (χ2v) is 11.5. The summed E-state index contributed by atoms with van der Waals surface area (Å²) >= 11 is 1.15. The molecule has 3 aromatic rings. The van der Waals surface area contributed by atoms with Gasteiger partial charge >= 0.3 is 0 Å². The van der Waals surface area contributed by atoms with Crippen LogP contribution >= 0.6 is 11.3 Å². The van der Waals surface area contributed by atoms with E-state index in [1.165, 1.54) is 37.4 Å². The van der Waals surface area contributed by atoms with E-state index in [1.54, 1.807) is 29.6 Å². The van der Waals surface area contributed by atoms with Crippen LogP contribution in [0.3, 0.4) is 0 Å². The molecule has 2 N–H and O–H groups in total. The van der Waals surface area contributed by atoms with Gasteiger partial charge in [-0.15, -0.1) is 11.3 Å². The SMILES string of the molecule is Cc1ccc(N([C@@H](C)C(=O)Nc2ccc(S(=O)(=O)Nc3nccs3)cc2)S(C)(=O)=O)cc1. The number of hydrogen-bond acceptors (Lipinski definition) is 7. The van der Waals surface area contributed by atoms with Crippen LogP contribution in [0.4, 0.5) is 16.5 Å². The highest BCUT2D eigenvalue weighted by molar-refractivity contribution is 7.93. The number of amides is 1. The van der Waals surface area contributed by atoms with E-state index < -0.39 is 32.0 Å². The van der Waals surface area contributed by atoms with E-state index in [9.17, 15) is 21.6 Å². The third kappa shape index (κ3) is 5.64. The number of sulfonamides is 2. The van der Waals surface area contributed by atoms with E-state index >= 15 is 0 Å². The summed E-state index contributed by atoms with van der Waals surface area (Å²) < 4.78 is 53.0. The Balaban J connectivity index is 1.76. The first-order chi connectivity index (χ1) is 15.0. The molecule has 0 saturated carbocycles. The van der Waals surface area contributed by atoms with Crippen molar-refractivity contribution >= 4 is 53.8 Å². The van der Waals surface area contributed by atoms with Crippen molar-refractivity contribution in [2.75, 3.05) is 20.6 Å². The Labute approximate surface area is 191 Å². The molecule has 0 aliphatic carbocycles. The van der Waals surface area contributed by atoms with Crippen molar-refractivity contribution in [3.63, 3.8) is 0 Å². The van der Waals surface area contributed by atoms with Crippen LogP contribution in [-0.4, -0.2) is 40.0 Å².